The molecule has 1 saturated carbocycles. The Labute approximate surface area is 149 Å². The summed E-state index contributed by atoms with van der Waals surface area (Å²) in [6.45, 7) is 2.62. The summed E-state index contributed by atoms with van der Waals surface area (Å²) in [5.41, 5.74) is 0.613. The molecule has 1 amide bonds. The highest BCUT2D eigenvalue weighted by Crippen LogP contribution is 2.27. The van der Waals surface area contributed by atoms with Crippen molar-refractivity contribution < 1.29 is 19.4 Å². The summed E-state index contributed by atoms with van der Waals surface area (Å²) in [5.74, 6) is 0.615. The van der Waals surface area contributed by atoms with Crippen LogP contribution in [0, 0.1) is 0 Å². The molecule has 1 aliphatic carbocycles. The first-order valence-corrected chi connectivity index (χ1v) is 9.12. The van der Waals surface area contributed by atoms with Crippen LogP contribution in [0.15, 0.2) is 24.3 Å². The summed E-state index contributed by atoms with van der Waals surface area (Å²) in [4.78, 5) is 15.0. The molecule has 1 unspecified atom stereocenters. The summed E-state index contributed by atoms with van der Waals surface area (Å²) >= 11 is 0. The third kappa shape index (κ3) is 4.71. The van der Waals surface area contributed by atoms with E-state index in [-0.39, 0.29) is 18.1 Å². The molecule has 1 aromatic rings. The topological polar surface area (TPSA) is 71.0 Å². The predicted octanol–water partition coefficient (Wildman–Crippen LogP) is 1.43. The molecule has 0 spiro atoms. The summed E-state index contributed by atoms with van der Waals surface area (Å²) in [6, 6.07) is 7.74. The van der Waals surface area contributed by atoms with Gasteiger partial charge >= 0.3 is 0 Å². The van der Waals surface area contributed by atoms with E-state index in [1.54, 1.807) is 13.2 Å². The van der Waals surface area contributed by atoms with Crippen LogP contribution in [0.25, 0.3) is 0 Å². The fourth-order valence-electron chi connectivity index (χ4n) is 3.84. The molecule has 6 heteroatoms. The smallest absolute Gasteiger partial charge is 0.251 e. The van der Waals surface area contributed by atoms with Gasteiger partial charge in [0.1, 0.15) is 12.4 Å². The van der Waals surface area contributed by atoms with Crippen molar-refractivity contribution in [3.05, 3.63) is 29.8 Å². The molecule has 1 aliphatic heterocycles. The van der Waals surface area contributed by atoms with E-state index < -0.39 is 0 Å². The third-order valence-electron chi connectivity index (χ3n) is 5.11. The fourth-order valence-corrected chi connectivity index (χ4v) is 3.84. The third-order valence-corrected chi connectivity index (χ3v) is 5.11. The minimum Gasteiger partial charge on any atom is -0.491 e. The molecule has 0 radical (unpaired) electrons. The van der Waals surface area contributed by atoms with Gasteiger partial charge in [-0.25, -0.2) is 0 Å². The molecule has 25 heavy (non-hydrogen) atoms. The quantitative estimate of drug-likeness (QED) is 0.730. The number of nitrogens with zero attached hydrogens (tertiary/aromatic N) is 1. The minimum atomic E-state index is -0.224. The van der Waals surface area contributed by atoms with E-state index in [2.05, 4.69) is 10.2 Å². The largest absolute Gasteiger partial charge is 0.491 e. The van der Waals surface area contributed by atoms with E-state index in [1.165, 1.54) is 0 Å². The molecular weight excluding hydrogens is 320 g/mol. The number of hydrogen-bond donors (Lipinski definition) is 2. The van der Waals surface area contributed by atoms with Crippen LogP contribution in [-0.4, -0.2) is 67.5 Å². The molecule has 0 aromatic heterocycles. The van der Waals surface area contributed by atoms with Crippen LogP contribution in [0.2, 0.25) is 0 Å². The number of likely N-dealkylation sites (tertiary alicyclic amines) is 1. The average Bonchev–Trinajstić information content (AvgIpc) is 3.24. The molecule has 138 valence electrons. The van der Waals surface area contributed by atoms with Crippen molar-refractivity contribution in [3.8, 4) is 5.75 Å². The van der Waals surface area contributed by atoms with Gasteiger partial charge in [0.15, 0.2) is 0 Å². The maximum atomic E-state index is 12.6. The zero-order valence-corrected chi connectivity index (χ0v) is 14.8. The summed E-state index contributed by atoms with van der Waals surface area (Å²) in [5, 5.41) is 13.0. The Balaban J connectivity index is 1.58. The van der Waals surface area contributed by atoms with Crippen molar-refractivity contribution in [2.75, 3.05) is 33.4 Å². The van der Waals surface area contributed by atoms with Gasteiger partial charge in [0, 0.05) is 37.8 Å². The number of hydrogen-bond acceptors (Lipinski definition) is 5. The van der Waals surface area contributed by atoms with E-state index in [0.29, 0.717) is 30.6 Å². The molecule has 2 aliphatic rings. The molecule has 1 heterocycles. The van der Waals surface area contributed by atoms with Gasteiger partial charge in [-0.05, 0) is 43.9 Å². The monoisotopic (exact) mass is 348 g/mol. The second kappa shape index (κ2) is 8.65. The van der Waals surface area contributed by atoms with Gasteiger partial charge in [-0.3, -0.25) is 9.69 Å². The molecule has 3 rings (SSSR count). The number of aliphatic hydroxyl groups is 1. The van der Waals surface area contributed by atoms with Crippen LogP contribution in [-0.2, 0) is 4.74 Å². The maximum absolute atomic E-state index is 12.6. The first-order valence-electron chi connectivity index (χ1n) is 9.12. The Kier molecular flexibility index (Phi) is 6.29. The van der Waals surface area contributed by atoms with E-state index in [1.807, 2.05) is 18.2 Å². The zero-order chi connectivity index (χ0) is 17.6. The zero-order valence-electron chi connectivity index (χ0n) is 14.8. The van der Waals surface area contributed by atoms with Gasteiger partial charge in [0.2, 0.25) is 0 Å². The molecular formula is C19H28N2O4. The molecule has 2 N–H and O–H groups in total. The number of β-amino-alcohol motifs (C(OH)–C–C–N with tert-alkyl or cyclic N) is 1. The molecule has 1 saturated heterocycles. The number of ether oxygens (including phenoxy) is 2. The lowest BCUT2D eigenvalue weighted by molar-refractivity contribution is 0.0905. The molecule has 0 bridgehead atoms. The predicted molar refractivity (Wildman–Crippen MR) is 94.9 cm³/mol. The number of carbonyl (C=O) groups is 1. The average molecular weight is 348 g/mol. The Morgan fingerprint density at radius 3 is 2.96 bits per heavy atom. The minimum absolute atomic E-state index is 0.0613. The Morgan fingerprint density at radius 1 is 1.32 bits per heavy atom. The van der Waals surface area contributed by atoms with Crippen LogP contribution in [0.1, 0.15) is 36.0 Å². The Bertz CT molecular complexity index is 580. The van der Waals surface area contributed by atoms with Gasteiger partial charge in [0.25, 0.3) is 5.91 Å². The molecule has 3 atom stereocenters. The first kappa shape index (κ1) is 18.2. The maximum Gasteiger partial charge on any atom is 0.251 e. The number of rotatable bonds is 7. The molecule has 1 aromatic carbocycles. The first-order chi connectivity index (χ1) is 12.2. The van der Waals surface area contributed by atoms with Crippen molar-refractivity contribution >= 4 is 5.91 Å². The van der Waals surface area contributed by atoms with Gasteiger partial charge in [0.05, 0.1) is 12.7 Å². The highest BCUT2D eigenvalue weighted by atomic mass is 16.5. The van der Waals surface area contributed by atoms with E-state index in [0.717, 1.165) is 38.8 Å². The van der Waals surface area contributed by atoms with E-state index in [4.69, 9.17) is 9.47 Å². The molecule has 2 fully saturated rings. The van der Waals surface area contributed by atoms with Crippen molar-refractivity contribution in [1.29, 1.82) is 0 Å². The Hall–Kier alpha value is -1.63. The number of nitrogens with one attached hydrogen (secondary N) is 1. The number of aliphatic hydroxyl groups excluding tert-OH is 1. The number of benzene rings is 1. The SMILES string of the molecule is COCCOc1cccc(C(=O)N[C@@H]2CCC[C@@H]2N2CCC(O)C2)c1. The summed E-state index contributed by atoms with van der Waals surface area (Å²) < 4.78 is 10.6. The summed E-state index contributed by atoms with van der Waals surface area (Å²) in [6.07, 6.45) is 3.79. The van der Waals surface area contributed by atoms with Crippen molar-refractivity contribution in [2.24, 2.45) is 0 Å². The van der Waals surface area contributed by atoms with Gasteiger partial charge in [-0.2, -0.15) is 0 Å². The van der Waals surface area contributed by atoms with E-state index in [9.17, 15) is 9.90 Å². The highest BCUT2D eigenvalue weighted by Gasteiger charge is 2.36. The number of carbonyl (C=O) groups excluding carboxylic acids is 1. The van der Waals surface area contributed by atoms with Crippen molar-refractivity contribution in [3.63, 3.8) is 0 Å². The van der Waals surface area contributed by atoms with Crippen molar-refractivity contribution in [2.45, 2.75) is 43.9 Å². The Morgan fingerprint density at radius 2 is 2.20 bits per heavy atom. The normalized spacial score (nSPS) is 26.7. The second-order valence-electron chi connectivity index (χ2n) is 6.88. The van der Waals surface area contributed by atoms with E-state index >= 15 is 0 Å². The van der Waals surface area contributed by atoms with Crippen molar-refractivity contribution in [1.82, 2.24) is 10.2 Å². The van der Waals surface area contributed by atoms with Gasteiger partial charge in [-0.1, -0.05) is 6.07 Å². The lowest BCUT2D eigenvalue weighted by atomic mass is 10.1. The lowest BCUT2D eigenvalue weighted by Crippen LogP contribution is -2.48. The fraction of sp³-hybridized carbons (Fsp3) is 0.632. The van der Waals surface area contributed by atoms with Crippen LogP contribution in [0.3, 0.4) is 0 Å². The number of methoxy groups -OCH3 is 1. The van der Waals surface area contributed by atoms with Gasteiger partial charge in [-0.15, -0.1) is 0 Å². The van der Waals surface area contributed by atoms with Gasteiger partial charge < -0.3 is 19.9 Å². The van der Waals surface area contributed by atoms with Crippen LogP contribution < -0.4 is 10.1 Å². The second-order valence-corrected chi connectivity index (χ2v) is 6.88. The highest BCUT2D eigenvalue weighted by molar-refractivity contribution is 5.94. The lowest BCUT2D eigenvalue weighted by Gasteiger charge is -2.29. The van der Waals surface area contributed by atoms with Crippen LogP contribution in [0.4, 0.5) is 0 Å². The summed E-state index contributed by atoms with van der Waals surface area (Å²) in [7, 11) is 1.63. The van der Waals surface area contributed by atoms with Crippen LogP contribution >= 0.6 is 0 Å². The van der Waals surface area contributed by atoms with Crippen LogP contribution in [0.5, 0.6) is 5.75 Å². The molecule has 6 nitrogen and oxygen atoms in total. The standard InChI is InChI=1S/C19H28N2O4/c1-24-10-11-25-16-5-2-4-14(12-16)19(23)20-17-6-3-7-18(17)21-9-8-15(22)13-21/h2,4-5,12,15,17-18,22H,3,6-11,13H2,1H3,(H,20,23)/t15?,17-,18+/m1/s1. The number of amides is 1.